The number of hydrogen-bond acceptors (Lipinski definition) is 4. The maximum atomic E-state index is 4.43. The molecule has 0 atom stereocenters. The van der Waals surface area contributed by atoms with Crippen molar-refractivity contribution in [2.75, 3.05) is 11.1 Å². The smallest absolute Gasteiger partial charge is 0.137 e. The van der Waals surface area contributed by atoms with E-state index in [0.717, 1.165) is 17.8 Å². The Kier molecular flexibility index (Phi) is 2.06. The molecule has 2 heterocycles. The lowest BCUT2D eigenvalue weighted by Crippen LogP contribution is -2.05. The molecular formula is C13H13N3S. The van der Waals surface area contributed by atoms with Gasteiger partial charge in [-0.25, -0.2) is 9.97 Å². The van der Waals surface area contributed by atoms with Crippen LogP contribution in [0.5, 0.6) is 0 Å². The number of thioether (sulfide) groups is 1. The van der Waals surface area contributed by atoms with Gasteiger partial charge in [-0.05, 0) is 37.0 Å². The molecule has 0 saturated heterocycles. The average Bonchev–Trinajstić information content (AvgIpc) is 3.04. The summed E-state index contributed by atoms with van der Waals surface area (Å²) >= 11 is 1.94. The maximum absolute atomic E-state index is 4.43. The van der Waals surface area contributed by atoms with Crippen LogP contribution in [0.1, 0.15) is 18.4 Å². The van der Waals surface area contributed by atoms with Crippen LogP contribution >= 0.6 is 11.8 Å². The molecule has 0 unspecified atom stereocenters. The van der Waals surface area contributed by atoms with Crippen molar-refractivity contribution in [1.29, 1.82) is 0 Å². The van der Waals surface area contributed by atoms with Crippen LogP contribution in [0.3, 0.4) is 0 Å². The largest absolute Gasteiger partial charge is 0.367 e. The minimum Gasteiger partial charge on any atom is -0.367 e. The van der Waals surface area contributed by atoms with Gasteiger partial charge in [0.15, 0.2) is 0 Å². The molecule has 1 aromatic heterocycles. The molecule has 4 rings (SSSR count). The van der Waals surface area contributed by atoms with E-state index in [0.29, 0.717) is 6.04 Å². The SMILES string of the molecule is c1nc(NC2CC2)c2c3c(ccc2n1)SCC3. The van der Waals surface area contributed by atoms with E-state index >= 15 is 0 Å². The fraction of sp³-hybridized carbons (Fsp3) is 0.385. The molecule has 86 valence electrons. The van der Waals surface area contributed by atoms with Crippen LogP contribution in [0.4, 0.5) is 5.82 Å². The summed E-state index contributed by atoms with van der Waals surface area (Å²) in [4.78, 5) is 10.2. The van der Waals surface area contributed by atoms with Crippen molar-refractivity contribution in [3.8, 4) is 0 Å². The normalized spacial score (nSPS) is 18.4. The maximum Gasteiger partial charge on any atom is 0.137 e. The molecule has 0 spiro atoms. The third-order valence-corrected chi connectivity index (χ3v) is 4.50. The van der Waals surface area contributed by atoms with Crippen molar-refractivity contribution < 1.29 is 0 Å². The second kappa shape index (κ2) is 3.60. The van der Waals surface area contributed by atoms with Crippen LogP contribution in [0, 0.1) is 0 Å². The molecule has 3 nitrogen and oxygen atoms in total. The number of anilines is 1. The molecule has 1 fully saturated rings. The number of nitrogens with zero attached hydrogens (tertiary/aromatic N) is 2. The van der Waals surface area contributed by atoms with Crippen molar-refractivity contribution >= 4 is 28.5 Å². The third kappa shape index (κ3) is 1.59. The highest BCUT2D eigenvalue weighted by molar-refractivity contribution is 7.99. The van der Waals surface area contributed by atoms with Crippen molar-refractivity contribution in [3.05, 3.63) is 24.0 Å². The first-order valence-electron chi connectivity index (χ1n) is 6.08. The summed E-state index contributed by atoms with van der Waals surface area (Å²) in [7, 11) is 0. The number of aromatic nitrogens is 2. The lowest BCUT2D eigenvalue weighted by molar-refractivity contribution is 1.09. The van der Waals surface area contributed by atoms with Crippen molar-refractivity contribution in [3.63, 3.8) is 0 Å². The number of nitrogens with one attached hydrogen (secondary N) is 1. The Morgan fingerprint density at radius 2 is 2.18 bits per heavy atom. The summed E-state index contributed by atoms with van der Waals surface area (Å²) in [6.45, 7) is 0. The Morgan fingerprint density at radius 1 is 1.24 bits per heavy atom. The zero-order valence-corrected chi connectivity index (χ0v) is 10.3. The molecule has 2 aromatic rings. The number of hydrogen-bond donors (Lipinski definition) is 1. The van der Waals surface area contributed by atoms with E-state index in [4.69, 9.17) is 0 Å². The summed E-state index contributed by atoms with van der Waals surface area (Å²) in [6.07, 6.45) is 5.36. The summed E-state index contributed by atoms with van der Waals surface area (Å²) < 4.78 is 0. The zero-order chi connectivity index (χ0) is 11.2. The molecule has 1 aliphatic heterocycles. The van der Waals surface area contributed by atoms with Crippen molar-refractivity contribution in [1.82, 2.24) is 9.97 Å². The lowest BCUT2D eigenvalue weighted by Gasteiger charge is -2.10. The van der Waals surface area contributed by atoms with E-state index in [-0.39, 0.29) is 0 Å². The monoisotopic (exact) mass is 243 g/mol. The Bertz CT molecular complexity index is 592. The predicted octanol–water partition coefficient (Wildman–Crippen LogP) is 2.85. The number of rotatable bonds is 2. The highest BCUT2D eigenvalue weighted by Crippen LogP contribution is 2.38. The van der Waals surface area contributed by atoms with Gasteiger partial charge in [0.25, 0.3) is 0 Å². The summed E-state index contributed by atoms with van der Waals surface area (Å²) in [5.41, 5.74) is 2.51. The van der Waals surface area contributed by atoms with Gasteiger partial charge in [-0.3, -0.25) is 0 Å². The van der Waals surface area contributed by atoms with E-state index in [1.807, 2.05) is 11.8 Å². The van der Waals surface area contributed by atoms with Crippen LogP contribution < -0.4 is 5.32 Å². The van der Waals surface area contributed by atoms with Gasteiger partial charge in [0.05, 0.1) is 5.52 Å². The molecule has 1 aromatic carbocycles. The summed E-state index contributed by atoms with van der Waals surface area (Å²) in [5, 5.41) is 4.78. The lowest BCUT2D eigenvalue weighted by atomic mass is 10.1. The second-order valence-electron chi connectivity index (χ2n) is 4.68. The van der Waals surface area contributed by atoms with Gasteiger partial charge in [-0.2, -0.15) is 0 Å². The van der Waals surface area contributed by atoms with Crippen LogP contribution in [-0.4, -0.2) is 21.8 Å². The van der Waals surface area contributed by atoms with Gasteiger partial charge in [0.1, 0.15) is 12.1 Å². The molecule has 1 saturated carbocycles. The molecular weight excluding hydrogens is 230 g/mol. The molecule has 17 heavy (non-hydrogen) atoms. The number of fused-ring (bicyclic) bond motifs is 3. The van der Waals surface area contributed by atoms with E-state index in [1.165, 1.54) is 34.4 Å². The fourth-order valence-electron chi connectivity index (χ4n) is 2.38. The molecule has 2 aliphatic rings. The average molecular weight is 243 g/mol. The molecule has 0 radical (unpaired) electrons. The Hall–Kier alpha value is -1.29. The molecule has 1 N–H and O–H groups in total. The standard InChI is InChI=1S/C13H13N3S/c1-2-8(1)16-13-12-9-5-6-17-11(9)4-3-10(12)14-7-15-13/h3-4,7-8H,1-2,5-6H2,(H,14,15,16). The van der Waals surface area contributed by atoms with E-state index in [9.17, 15) is 0 Å². The molecule has 4 heteroatoms. The van der Waals surface area contributed by atoms with E-state index < -0.39 is 0 Å². The minimum absolute atomic E-state index is 0.637. The van der Waals surface area contributed by atoms with Crippen LogP contribution in [0.2, 0.25) is 0 Å². The van der Waals surface area contributed by atoms with Gasteiger partial charge in [-0.15, -0.1) is 11.8 Å². The van der Waals surface area contributed by atoms with Crippen LogP contribution in [0.15, 0.2) is 23.4 Å². The van der Waals surface area contributed by atoms with Gasteiger partial charge in [0, 0.05) is 22.1 Å². The minimum atomic E-state index is 0.637. The Labute approximate surface area is 104 Å². The zero-order valence-electron chi connectivity index (χ0n) is 9.44. The first-order chi connectivity index (χ1) is 8.42. The second-order valence-corrected chi connectivity index (χ2v) is 5.81. The quantitative estimate of drug-likeness (QED) is 0.880. The molecule has 1 aliphatic carbocycles. The number of benzene rings is 1. The highest BCUT2D eigenvalue weighted by atomic mass is 32.2. The Balaban J connectivity index is 1.96. The summed E-state index contributed by atoms with van der Waals surface area (Å²) in [6, 6.07) is 4.95. The van der Waals surface area contributed by atoms with Crippen LogP contribution in [-0.2, 0) is 6.42 Å². The first-order valence-corrected chi connectivity index (χ1v) is 7.06. The predicted molar refractivity (Wildman–Crippen MR) is 70.6 cm³/mol. The molecule has 0 bridgehead atoms. The van der Waals surface area contributed by atoms with E-state index in [2.05, 4.69) is 27.4 Å². The van der Waals surface area contributed by atoms with Gasteiger partial charge in [-0.1, -0.05) is 0 Å². The molecule has 0 amide bonds. The van der Waals surface area contributed by atoms with E-state index in [1.54, 1.807) is 6.33 Å². The first kappa shape index (κ1) is 9.71. The third-order valence-electron chi connectivity index (χ3n) is 3.40. The topological polar surface area (TPSA) is 37.8 Å². The number of aryl methyl sites for hydroxylation is 1. The van der Waals surface area contributed by atoms with Crippen LogP contribution in [0.25, 0.3) is 10.9 Å². The van der Waals surface area contributed by atoms with Crippen molar-refractivity contribution in [2.45, 2.75) is 30.2 Å². The van der Waals surface area contributed by atoms with Gasteiger partial charge >= 0.3 is 0 Å². The fourth-order valence-corrected chi connectivity index (χ4v) is 3.45. The van der Waals surface area contributed by atoms with Gasteiger partial charge in [0.2, 0.25) is 0 Å². The van der Waals surface area contributed by atoms with Crippen molar-refractivity contribution in [2.24, 2.45) is 0 Å². The highest BCUT2D eigenvalue weighted by Gasteiger charge is 2.24. The Morgan fingerprint density at radius 3 is 3.06 bits per heavy atom. The summed E-state index contributed by atoms with van der Waals surface area (Å²) in [5.74, 6) is 2.23. The van der Waals surface area contributed by atoms with Gasteiger partial charge < -0.3 is 5.32 Å².